The molecule has 6 heteroatoms. The Labute approximate surface area is 195 Å². The summed E-state index contributed by atoms with van der Waals surface area (Å²) in [6.07, 6.45) is 5.27. The van der Waals surface area contributed by atoms with E-state index in [0.717, 1.165) is 62.2 Å². The number of hydrogen-bond donors (Lipinski definition) is 1. The van der Waals surface area contributed by atoms with Gasteiger partial charge in [-0.05, 0) is 62.0 Å². The first-order chi connectivity index (χ1) is 15.7. The van der Waals surface area contributed by atoms with Gasteiger partial charge in [0.25, 0.3) is 5.91 Å². The van der Waals surface area contributed by atoms with Crippen LogP contribution >= 0.6 is 11.3 Å². The van der Waals surface area contributed by atoms with Crippen LogP contribution in [0.2, 0.25) is 0 Å². The van der Waals surface area contributed by atoms with Gasteiger partial charge in [-0.15, -0.1) is 11.3 Å². The fraction of sp³-hybridized carbons (Fsp3) is 0.538. The number of nitrogens with one attached hydrogen (secondary N) is 1. The minimum atomic E-state index is -0.378. The van der Waals surface area contributed by atoms with Gasteiger partial charge in [0.1, 0.15) is 0 Å². The number of rotatable bonds is 9. The normalized spacial score (nSPS) is 21.2. The van der Waals surface area contributed by atoms with Crippen LogP contribution in [-0.2, 0) is 4.79 Å². The summed E-state index contributed by atoms with van der Waals surface area (Å²) in [5.41, 5.74) is 1.56. The smallest absolute Gasteiger partial charge is 0.254 e. The Morgan fingerprint density at radius 1 is 1.12 bits per heavy atom. The molecular formula is C26H35N3O2S. The summed E-state index contributed by atoms with van der Waals surface area (Å²) in [6.45, 7) is 8.03. The minimum absolute atomic E-state index is 0.0332. The Kier molecular flexibility index (Phi) is 7.63. The second kappa shape index (κ2) is 10.6. The Hall–Kier alpha value is -2.18. The van der Waals surface area contributed by atoms with Crippen molar-refractivity contribution in [1.29, 1.82) is 0 Å². The zero-order valence-electron chi connectivity index (χ0n) is 19.3. The van der Waals surface area contributed by atoms with E-state index in [9.17, 15) is 9.59 Å². The molecule has 0 radical (unpaired) electrons. The summed E-state index contributed by atoms with van der Waals surface area (Å²) < 4.78 is 0. The zero-order valence-corrected chi connectivity index (χ0v) is 20.1. The van der Waals surface area contributed by atoms with Crippen LogP contribution in [0.1, 0.15) is 78.7 Å². The van der Waals surface area contributed by atoms with E-state index >= 15 is 0 Å². The van der Waals surface area contributed by atoms with Crippen molar-refractivity contribution < 1.29 is 9.59 Å². The molecule has 4 rings (SSSR count). The molecule has 2 aliphatic rings. The number of carbonyl (C=O) groups is 2. The molecule has 0 spiro atoms. The van der Waals surface area contributed by atoms with Gasteiger partial charge in [-0.25, -0.2) is 0 Å². The van der Waals surface area contributed by atoms with Crippen molar-refractivity contribution in [2.24, 2.45) is 0 Å². The van der Waals surface area contributed by atoms with Crippen molar-refractivity contribution in [3.8, 4) is 0 Å². The molecule has 2 aromatic rings. The van der Waals surface area contributed by atoms with Gasteiger partial charge in [0.2, 0.25) is 5.91 Å². The number of carbonyl (C=O) groups excluding carboxylic acids is 2. The number of nitrogens with zero attached hydrogens (tertiary/aromatic N) is 2. The van der Waals surface area contributed by atoms with Crippen LogP contribution in [0.25, 0.3) is 0 Å². The maximum atomic E-state index is 13.7. The summed E-state index contributed by atoms with van der Waals surface area (Å²) in [6, 6.07) is 11.8. The van der Waals surface area contributed by atoms with Crippen LogP contribution in [0.4, 0.5) is 0 Å². The molecule has 2 atom stereocenters. The van der Waals surface area contributed by atoms with E-state index in [2.05, 4.69) is 35.0 Å². The van der Waals surface area contributed by atoms with Crippen LogP contribution in [0.15, 0.2) is 41.8 Å². The molecule has 1 aliphatic carbocycles. The molecule has 0 bridgehead atoms. The second-order valence-corrected chi connectivity index (χ2v) is 9.83. The average Bonchev–Trinajstić information content (AvgIpc) is 3.53. The van der Waals surface area contributed by atoms with Crippen LogP contribution in [-0.4, -0.2) is 53.8 Å². The predicted molar refractivity (Wildman–Crippen MR) is 130 cm³/mol. The van der Waals surface area contributed by atoms with Crippen molar-refractivity contribution in [3.05, 3.63) is 57.8 Å². The zero-order chi connectivity index (χ0) is 22.5. The van der Waals surface area contributed by atoms with Gasteiger partial charge in [0, 0.05) is 23.0 Å². The van der Waals surface area contributed by atoms with E-state index in [0.29, 0.717) is 12.1 Å². The van der Waals surface area contributed by atoms with Gasteiger partial charge in [0.05, 0.1) is 12.0 Å². The van der Waals surface area contributed by atoms with E-state index in [1.54, 1.807) is 11.3 Å². The summed E-state index contributed by atoms with van der Waals surface area (Å²) >= 11 is 1.65. The van der Waals surface area contributed by atoms with E-state index in [1.165, 1.54) is 0 Å². The first-order valence-corrected chi connectivity index (χ1v) is 13.0. The van der Waals surface area contributed by atoms with Crippen LogP contribution in [0, 0.1) is 0 Å². The highest BCUT2D eigenvalue weighted by atomic mass is 32.1. The number of hydrogen-bond acceptors (Lipinski definition) is 4. The fourth-order valence-electron chi connectivity index (χ4n) is 5.34. The molecule has 1 aliphatic heterocycles. The van der Waals surface area contributed by atoms with Crippen LogP contribution in [0.3, 0.4) is 0 Å². The lowest BCUT2D eigenvalue weighted by Gasteiger charge is -2.44. The molecule has 2 heterocycles. The SMILES string of the molecule is CCN(CC)CCCNC(=O)[C@H]1c2ccccc2C(=O)N(C2CCCC2)[C@@H]1c1cccs1. The third-order valence-electron chi connectivity index (χ3n) is 7.06. The molecule has 0 unspecified atom stereocenters. The summed E-state index contributed by atoms with van der Waals surface area (Å²) in [4.78, 5) is 32.9. The van der Waals surface area contributed by atoms with Gasteiger partial charge in [0.15, 0.2) is 0 Å². The molecular weight excluding hydrogens is 418 g/mol. The van der Waals surface area contributed by atoms with E-state index in [1.807, 2.05) is 35.7 Å². The highest BCUT2D eigenvalue weighted by molar-refractivity contribution is 7.10. The Bertz CT molecular complexity index is 904. The monoisotopic (exact) mass is 453 g/mol. The molecule has 1 fully saturated rings. The highest BCUT2D eigenvalue weighted by Gasteiger charge is 2.47. The maximum absolute atomic E-state index is 13.7. The lowest BCUT2D eigenvalue weighted by molar-refractivity contribution is -0.124. The number of fused-ring (bicyclic) bond motifs is 1. The molecule has 2 amide bonds. The van der Waals surface area contributed by atoms with Crippen LogP contribution < -0.4 is 5.32 Å². The lowest BCUT2D eigenvalue weighted by atomic mass is 9.80. The van der Waals surface area contributed by atoms with Gasteiger partial charge in [-0.1, -0.05) is 51.0 Å². The number of thiophene rings is 1. The lowest BCUT2D eigenvalue weighted by Crippen LogP contribution is -2.50. The van der Waals surface area contributed by atoms with Crippen molar-refractivity contribution in [2.75, 3.05) is 26.2 Å². The van der Waals surface area contributed by atoms with E-state index < -0.39 is 0 Å². The van der Waals surface area contributed by atoms with Gasteiger partial charge in [-0.3, -0.25) is 9.59 Å². The predicted octanol–water partition coefficient (Wildman–Crippen LogP) is 4.82. The minimum Gasteiger partial charge on any atom is -0.355 e. The highest BCUT2D eigenvalue weighted by Crippen LogP contribution is 2.47. The van der Waals surface area contributed by atoms with Crippen molar-refractivity contribution in [1.82, 2.24) is 15.1 Å². The quantitative estimate of drug-likeness (QED) is 0.554. The Balaban J connectivity index is 1.63. The van der Waals surface area contributed by atoms with Gasteiger partial charge >= 0.3 is 0 Å². The number of amides is 2. The summed E-state index contributed by atoms with van der Waals surface area (Å²) in [5, 5.41) is 5.26. The van der Waals surface area contributed by atoms with Crippen molar-refractivity contribution in [2.45, 2.75) is 64.0 Å². The molecule has 1 aromatic carbocycles. The molecule has 5 nitrogen and oxygen atoms in total. The molecule has 1 N–H and O–H groups in total. The third kappa shape index (κ3) is 4.62. The molecule has 1 aromatic heterocycles. The number of benzene rings is 1. The topological polar surface area (TPSA) is 52.7 Å². The third-order valence-corrected chi connectivity index (χ3v) is 8.00. The Morgan fingerprint density at radius 2 is 1.88 bits per heavy atom. The van der Waals surface area contributed by atoms with Crippen LogP contribution in [0.5, 0.6) is 0 Å². The van der Waals surface area contributed by atoms with Crippen molar-refractivity contribution in [3.63, 3.8) is 0 Å². The van der Waals surface area contributed by atoms with Gasteiger partial charge < -0.3 is 15.1 Å². The Morgan fingerprint density at radius 3 is 2.56 bits per heavy atom. The van der Waals surface area contributed by atoms with E-state index in [4.69, 9.17) is 0 Å². The maximum Gasteiger partial charge on any atom is 0.254 e. The van der Waals surface area contributed by atoms with Crippen molar-refractivity contribution >= 4 is 23.2 Å². The van der Waals surface area contributed by atoms with Gasteiger partial charge in [-0.2, -0.15) is 0 Å². The summed E-state index contributed by atoms with van der Waals surface area (Å²) in [5.74, 6) is -0.265. The second-order valence-electron chi connectivity index (χ2n) is 8.85. The summed E-state index contributed by atoms with van der Waals surface area (Å²) in [7, 11) is 0. The fourth-order valence-corrected chi connectivity index (χ4v) is 6.20. The molecule has 32 heavy (non-hydrogen) atoms. The molecule has 0 saturated heterocycles. The van der Waals surface area contributed by atoms with E-state index in [-0.39, 0.29) is 29.8 Å². The standard InChI is InChI=1S/C26H35N3O2S/c1-3-28(4-2)17-10-16-27-25(30)23-20-13-7-8-14-21(20)26(31)29(19-11-5-6-12-19)24(23)22-15-9-18-32-22/h7-9,13-15,18-19,23-24H,3-6,10-12,16-17H2,1-2H3,(H,27,30)/t23-,24+/m0/s1. The largest absolute Gasteiger partial charge is 0.355 e. The molecule has 172 valence electrons. The molecule has 1 saturated carbocycles. The first kappa shape index (κ1) is 23.0. The average molecular weight is 454 g/mol. The first-order valence-electron chi connectivity index (χ1n) is 12.1.